The normalized spacial score (nSPS) is 16.6. The van der Waals surface area contributed by atoms with Crippen LogP contribution in [0.25, 0.3) is 0 Å². The second kappa shape index (κ2) is 5.89. The minimum absolute atomic E-state index is 0.113. The van der Waals surface area contributed by atoms with Crippen molar-refractivity contribution in [2.75, 3.05) is 31.1 Å². The third kappa shape index (κ3) is 3.03. The van der Waals surface area contributed by atoms with E-state index < -0.39 is 0 Å². The fourth-order valence-electron chi connectivity index (χ4n) is 2.23. The summed E-state index contributed by atoms with van der Waals surface area (Å²) in [4.78, 5) is 4.44. The van der Waals surface area contributed by atoms with E-state index in [0.717, 1.165) is 43.9 Å². The Morgan fingerprint density at radius 2 is 1.94 bits per heavy atom. The molecule has 1 aromatic carbocycles. The molecule has 0 saturated carbocycles. The van der Waals surface area contributed by atoms with E-state index in [9.17, 15) is 4.39 Å². The predicted octanol–water partition coefficient (Wildman–Crippen LogP) is 3.18. The summed E-state index contributed by atoms with van der Waals surface area (Å²) >= 11 is 0. The van der Waals surface area contributed by atoms with Crippen LogP contribution in [0.5, 0.6) is 0 Å². The smallest absolute Gasteiger partial charge is 0.146 e. The third-order valence-corrected chi connectivity index (χ3v) is 3.31. The zero-order valence-electron chi connectivity index (χ0n) is 11.2. The summed E-state index contributed by atoms with van der Waals surface area (Å²) < 4.78 is 13.8. The molecule has 0 amide bonds. The van der Waals surface area contributed by atoms with E-state index in [-0.39, 0.29) is 5.82 Å². The first-order valence-corrected chi connectivity index (χ1v) is 6.62. The van der Waals surface area contributed by atoms with Gasteiger partial charge in [-0.15, -0.1) is 0 Å². The average Bonchev–Trinajstić information content (AvgIpc) is 2.40. The number of nitrogens with zero attached hydrogens (tertiary/aromatic N) is 2. The minimum Gasteiger partial charge on any atom is -0.374 e. The number of anilines is 1. The maximum absolute atomic E-state index is 13.8. The van der Waals surface area contributed by atoms with Gasteiger partial charge < -0.3 is 9.80 Å². The third-order valence-electron chi connectivity index (χ3n) is 3.31. The van der Waals surface area contributed by atoms with E-state index in [0.29, 0.717) is 0 Å². The maximum atomic E-state index is 13.8. The van der Waals surface area contributed by atoms with Gasteiger partial charge in [-0.05, 0) is 37.2 Å². The summed E-state index contributed by atoms with van der Waals surface area (Å²) in [7, 11) is 0. The molecule has 1 aromatic rings. The molecule has 18 heavy (non-hydrogen) atoms. The Balaban J connectivity index is 2.01. The SMILES string of the molecule is CC/C=C/N1CCN(c2cc(C)ccc2F)CC1. The molecule has 3 heteroatoms. The van der Waals surface area contributed by atoms with Gasteiger partial charge in [-0.25, -0.2) is 4.39 Å². The van der Waals surface area contributed by atoms with Gasteiger partial charge >= 0.3 is 0 Å². The fraction of sp³-hybridized carbons (Fsp3) is 0.467. The summed E-state index contributed by atoms with van der Waals surface area (Å²) in [5.41, 5.74) is 1.86. The van der Waals surface area contributed by atoms with Crippen molar-refractivity contribution in [3.8, 4) is 0 Å². The summed E-state index contributed by atoms with van der Waals surface area (Å²) in [6.07, 6.45) is 5.39. The second-order valence-corrected chi connectivity index (χ2v) is 4.77. The van der Waals surface area contributed by atoms with E-state index >= 15 is 0 Å². The Morgan fingerprint density at radius 1 is 1.22 bits per heavy atom. The van der Waals surface area contributed by atoms with Crippen LogP contribution in [-0.4, -0.2) is 31.1 Å². The largest absolute Gasteiger partial charge is 0.374 e. The van der Waals surface area contributed by atoms with E-state index in [1.807, 2.05) is 19.1 Å². The maximum Gasteiger partial charge on any atom is 0.146 e. The van der Waals surface area contributed by atoms with Crippen molar-refractivity contribution in [3.63, 3.8) is 0 Å². The molecule has 98 valence electrons. The van der Waals surface area contributed by atoms with Gasteiger partial charge in [-0.2, -0.15) is 0 Å². The zero-order chi connectivity index (χ0) is 13.0. The van der Waals surface area contributed by atoms with Crippen molar-refractivity contribution in [3.05, 3.63) is 41.9 Å². The second-order valence-electron chi connectivity index (χ2n) is 4.77. The predicted molar refractivity (Wildman–Crippen MR) is 74.4 cm³/mol. The molecule has 0 N–H and O–H groups in total. The van der Waals surface area contributed by atoms with Gasteiger partial charge in [-0.1, -0.05) is 19.1 Å². The Morgan fingerprint density at radius 3 is 2.61 bits per heavy atom. The van der Waals surface area contributed by atoms with Crippen molar-refractivity contribution >= 4 is 5.69 Å². The van der Waals surface area contributed by atoms with Gasteiger partial charge in [0.1, 0.15) is 5.82 Å². The highest BCUT2D eigenvalue weighted by Crippen LogP contribution is 2.22. The standard InChI is InChI=1S/C15H21FN2/c1-3-4-7-17-8-10-18(11-9-17)15-12-13(2)5-6-14(15)16/h4-7,12H,3,8-11H2,1-2H3/b7-4+. The monoisotopic (exact) mass is 248 g/mol. The molecule has 1 heterocycles. The highest BCUT2D eigenvalue weighted by molar-refractivity contribution is 5.50. The molecule has 0 bridgehead atoms. The first-order valence-electron chi connectivity index (χ1n) is 6.62. The number of hydrogen-bond acceptors (Lipinski definition) is 2. The number of benzene rings is 1. The molecule has 0 radical (unpaired) electrons. The summed E-state index contributed by atoms with van der Waals surface area (Å²) in [6.45, 7) is 7.83. The molecular formula is C15H21FN2. The van der Waals surface area contributed by atoms with Crippen LogP contribution in [0.4, 0.5) is 10.1 Å². The van der Waals surface area contributed by atoms with Crippen LogP contribution in [0.3, 0.4) is 0 Å². The average molecular weight is 248 g/mol. The number of piperazine rings is 1. The fourth-order valence-corrected chi connectivity index (χ4v) is 2.23. The van der Waals surface area contributed by atoms with Crippen LogP contribution in [0.1, 0.15) is 18.9 Å². The number of aryl methyl sites for hydroxylation is 1. The van der Waals surface area contributed by atoms with Crippen molar-refractivity contribution in [1.29, 1.82) is 0 Å². The first kappa shape index (κ1) is 12.9. The van der Waals surface area contributed by atoms with Gasteiger partial charge in [0, 0.05) is 26.2 Å². The highest BCUT2D eigenvalue weighted by atomic mass is 19.1. The van der Waals surface area contributed by atoms with E-state index in [2.05, 4.69) is 29.0 Å². The molecular weight excluding hydrogens is 227 g/mol. The molecule has 0 aromatic heterocycles. The molecule has 2 nitrogen and oxygen atoms in total. The molecule has 2 rings (SSSR count). The Labute approximate surface area is 109 Å². The van der Waals surface area contributed by atoms with E-state index in [1.54, 1.807) is 6.07 Å². The van der Waals surface area contributed by atoms with Crippen molar-refractivity contribution in [2.45, 2.75) is 20.3 Å². The lowest BCUT2D eigenvalue weighted by atomic mass is 10.2. The molecule has 0 aliphatic carbocycles. The van der Waals surface area contributed by atoms with Crippen molar-refractivity contribution in [1.82, 2.24) is 4.90 Å². The Hall–Kier alpha value is -1.51. The quantitative estimate of drug-likeness (QED) is 0.810. The molecule has 0 unspecified atom stereocenters. The van der Waals surface area contributed by atoms with Crippen LogP contribution in [-0.2, 0) is 0 Å². The summed E-state index contributed by atoms with van der Waals surface area (Å²) in [5, 5.41) is 0. The van der Waals surface area contributed by atoms with Gasteiger partial charge in [-0.3, -0.25) is 0 Å². The van der Waals surface area contributed by atoms with Crippen LogP contribution in [0, 0.1) is 12.7 Å². The molecule has 1 aliphatic rings. The highest BCUT2D eigenvalue weighted by Gasteiger charge is 2.17. The van der Waals surface area contributed by atoms with Gasteiger partial charge in [0.05, 0.1) is 5.69 Å². The molecule has 0 spiro atoms. The van der Waals surface area contributed by atoms with Crippen molar-refractivity contribution < 1.29 is 4.39 Å². The lowest BCUT2D eigenvalue weighted by Crippen LogP contribution is -2.44. The lowest BCUT2D eigenvalue weighted by Gasteiger charge is -2.35. The van der Waals surface area contributed by atoms with Crippen LogP contribution in [0.15, 0.2) is 30.5 Å². The zero-order valence-corrected chi connectivity index (χ0v) is 11.2. The number of rotatable bonds is 3. The van der Waals surface area contributed by atoms with Gasteiger partial charge in [0.15, 0.2) is 0 Å². The molecule has 0 atom stereocenters. The first-order chi connectivity index (χ1) is 8.70. The van der Waals surface area contributed by atoms with Crippen LogP contribution in [0.2, 0.25) is 0 Å². The van der Waals surface area contributed by atoms with Crippen LogP contribution >= 0.6 is 0 Å². The number of halogens is 1. The van der Waals surface area contributed by atoms with E-state index in [1.165, 1.54) is 0 Å². The summed E-state index contributed by atoms with van der Waals surface area (Å²) in [6, 6.07) is 5.32. The lowest BCUT2D eigenvalue weighted by molar-refractivity contribution is 0.347. The topological polar surface area (TPSA) is 6.48 Å². The van der Waals surface area contributed by atoms with Crippen LogP contribution < -0.4 is 4.90 Å². The minimum atomic E-state index is -0.113. The van der Waals surface area contributed by atoms with Gasteiger partial charge in [0.2, 0.25) is 0 Å². The van der Waals surface area contributed by atoms with Crippen molar-refractivity contribution in [2.24, 2.45) is 0 Å². The number of hydrogen-bond donors (Lipinski definition) is 0. The Bertz CT molecular complexity index is 421. The van der Waals surface area contributed by atoms with Gasteiger partial charge in [0.25, 0.3) is 0 Å². The molecule has 1 saturated heterocycles. The summed E-state index contributed by atoms with van der Waals surface area (Å²) in [5.74, 6) is -0.113. The number of allylic oxidation sites excluding steroid dienone is 1. The molecule has 1 aliphatic heterocycles. The molecule has 1 fully saturated rings. The Kier molecular flexibility index (Phi) is 4.24. The van der Waals surface area contributed by atoms with E-state index in [4.69, 9.17) is 0 Å².